The Kier molecular flexibility index (Phi) is 3.39. The van der Waals surface area contributed by atoms with Crippen molar-refractivity contribution in [1.82, 2.24) is 3.59 Å². The maximum atomic E-state index is 4.32. The van der Waals surface area contributed by atoms with Crippen LogP contribution in [-0.2, 0) is 0 Å². The molecule has 3 heterocycles. The van der Waals surface area contributed by atoms with Gasteiger partial charge >= 0.3 is 0 Å². The molecule has 124 valence electrons. The van der Waals surface area contributed by atoms with E-state index in [1.165, 1.54) is 45.8 Å². The third-order valence-electron chi connectivity index (χ3n) is 5.44. The molecule has 1 aromatic heterocycles. The van der Waals surface area contributed by atoms with Crippen LogP contribution >= 0.6 is 16.1 Å². The van der Waals surface area contributed by atoms with Crippen LogP contribution in [0.3, 0.4) is 0 Å². The molecule has 1 unspecified atom stereocenters. The monoisotopic (exact) mass is 390 g/mol. The average Bonchev–Trinajstić information content (AvgIpc) is 3.18. The molecule has 1 saturated heterocycles. The molecule has 0 aliphatic carbocycles. The van der Waals surface area contributed by atoms with E-state index in [1.807, 2.05) is 3.59 Å². The van der Waals surface area contributed by atoms with E-state index in [0.717, 1.165) is 11.9 Å². The first-order valence-electron chi connectivity index (χ1n) is 8.77. The van der Waals surface area contributed by atoms with Crippen molar-refractivity contribution < 1.29 is 0 Å². The van der Waals surface area contributed by atoms with E-state index < -0.39 is 0 Å². The number of anilines is 1. The van der Waals surface area contributed by atoms with Crippen LogP contribution in [0.25, 0.3) is 29.6 Å². The van der Waals surface area contributed by atoms with Gasteiger partial charge in [-0.25, -0.2) is 0 Å². The molecule has 2 aromatic carbocycles. The summed E-state index contributed by atoms with van der Waals surface area (Å²) in [6, 6.07) is 17.6. The van der Waals surface area contributed by atoms with Gasteiger partial charge in [0.1, 0.15) is 0 Å². The van der Waals surface area contributed by atoms with Crippen LogP contribution in [0.5, 0.6) is 0 Å². The van der Waals surface area contributed by atoms with Gasteiger partial charge in [0.05, 0.1) is 33.1 Å². The molecule has 0 amide bonds. The predicted octanol–water partition coefficient (Wildman–Crippen LogP) is 4.06. The first kappa shape index (κ1) is 15.0. The zero-order chi connectivity index (χ0) is 17.0. The Morgan fingerprint density at radius 3 is 2.76 bits per heavy atom. The summed E-state index contributed by atoms with van der Waals surface area (Å²) in [5.41, 5.74) is 5.17. The molecule has 5 rings (SSSR count). The van der Waals surface area contributed by atoms with Crippen molar-refractivity contribution in [2.75, 3.05) is 11.4 Å². The molecular formula is C22H19BrN2. The normalized spacial score (nSPS) is 20.6. The van der Waals surface area contributed by atoms with Crippen molar-refractivity contribution >= 4 is 51.5 Å². The molecular weight excluding hydrogens is 372 g/mol. The summed E-state index contributed by atoms with van der Waals surface area (Å²) in [5, 5.41) is 3.56. The fourth-order valence-electron chi connectivity index (χ4n) is 4.30. The first-order chi connectivity index (χ1) is 12.2. The minimum absolute atomic E-state index is 0.446. The van der Waals surface area contributed by atoms with E-state index >= 15 is 0 Å². The maximum absolute atomic E-state index is 4.32. The number of hydrogen-bond donors (Lipinski definition) is 0. The van der Waals surface area contributed by atoms with Crippen LogP contribution in [0.4, 0.5) is 5.69 Å². The topological polar surface area (TPSA) is 8.17 Å². The molecule has 2 aliphatic heterocycles. The highest BCUT2D eigenvalue weighted by molar-refractivity contribution is 9.08. The van der Waals surface area contributed by atoms with Gasteiger partial charge in [-0.15, -0.1) is 0 Å². The van der Waals surface area contributed by atoms with Crippen molar-refractivity contribution in [3.8, 4) is 0 Å². The lowest BCUT2D eigenvalue weighted by Gasteiger charge is -2.27. The predicted molar refractivity (Wildman–Crippen MR) is 110 cm³/mol. The molecule has 2 nitrogen and oxygen atoms in total. The lowest BCUT2D eigenvalue weighted by Crippen LogP contribution is -2.29. The summed E-state index contributed by atoms with van der Waals surface area (Å²) in [6.07, 6.45) is 7.14. The zero-order valence-electron chi connectivity index (χ0n) is 14.0. The molecule has 0 bridgehead atoms. The Labute approximate surface area is 155 Å². The Hall–Kier alpha value is -2.26. The standard InChI is InChI=1S/C22H19BrN2/c1-15-18-14-17(13-16-7-3-2-4-8-16)19-11-6-12-24(19)20-9-5-10-21(22(18)20)25(15)23/h2-5,7-10,13-14,19H,1,6,11-12H2/b17-13+. The number of halogens is 1. The molecule has 0 spiro atoms. The number of nitrogens with zero attached hydrogens (tertiary/aromatic N) is 2. The van der Waals surface area contributed by atoms with Gasteiger partial charge in [0.25, 0.3) is 0 Å². The minimum atomic E-state index is 0.446. The molecule has 1 atom stereocenters. The molecule has 25 heavy (non-hydrogen) atoms. The van der Waals surface area contributed by atoms with Gasteiger partial charge in [0.2, 0.25) is 0 Å². The lowest BCUT2D eigenvalue weighted by atomic mass is 10.0. The van der Waals surface area contributed by atoms with Crippen LogP contribution in [0.1, 0.15) is 18.4 Å². The Morgan fingerprint density at radius 2 is 1.92 bits per heavy atom. The van der Waals surface area contributed by atoms with Gasteiger partial charge in [-0.1, -0.05) is 43.0 Å². The maximum Gasteiger partial charge on any atom is 0.0625 e. The molecule has 1 fully saturated rings. The van der Waals surface area contributed by atoms with E-state index in [2.05, 4.69) is 88.3 Å². The summed E-state index contributed by atoms with van der Waals surface area (Å²) >= 11 is 3.69. The van der Waals surface area contributed by atoms with Gasteiger partial charge in [0, 0.05) is 22.8 Å². The Morgan fingerprint density at radius 1 is 1.08 bits per heavy atom. The number of hydrogen-bond acceptors (Lipinski definition) is 1. The first-order valence-corrected chi connectivity index (χ1v) is 9.48. The second kappa shape index (κ2) is 5.63. The summed E-state index contributed by atoms with van der Waals surface area (Å²) in [5.74, 6) is 0. The highest BCUT2D eigenvalue weighted by Gasteiger charge is 2.31. The van der Waals surface area contributed by atoms with Crippen molar-refractivity contribution in [2.24, 2.45) is 0 Å². The minimum Gasteiger partial charge on any atom is -0.364 e. The quantitative estimate of drug-likeness (QED) is 0.608. The Bertz CT molecular complexity index is 1110. The highest BCUT2D eigenvalue weighted by atomic mass is 79.9. The SMILES string of the molecule is C=c1c2c3c(cccc3n1Br)N1CCCC1/C(=C/c1ccccc1)C=2. The third kappa shape index (κ3) is 2.22. The largest absolute Gasteiger partial charge is 0.364 e. The summed E-state index contributed by atoms with van der Waals surface area (Å²) < 4.78 is 2.04. The number of rotatable bonds is 1. The van der Waals surface area contributed by atoms with E-state index in [0.29, 0.717) is 6.04 Å². The third-order valence-corrected chi connectivity index (χ3v) is 6.25. The van der Waals surface area contributed by atoms with Gasteiger partial charge in [-0.2, -0.15) is 0 Å². The Balaban J connectivity index is 1.86. The van der Waals surface area contributed by atoms with Gasteiger partial charge in [-0.3, -0.25) is 3.59 Å². The average molecular weight is 391 g/mol. The van der Waals surface area contributed by atoms with Gasteiger partial charge in [0.15, 0.2) is 0 Å². The van der Waals surface area contributed by atoms with Crippen LogP contribution in [0.2, 0.25) is 0 Å². The van der Waals surface area contributed by atoms with E-state index in [1.54, 1.807) is 0 Å². The fraction of sp³-hybridized carbons (Fsp3) is 0.182. The summed E-state index contributed by atoms with van der Waals surface area (Å²) in [7, 11) is 0. The summed E-state index contributed by atoms with van der Waals surface area (Å²) in [4.78, 5) is 2.58. The number of benzene rings is 2. The molecule has 0 saturated carbocycles. The van der Waals surface area contributed by atoms with Crippen molar-refractivity contribution in [3.63, 3.8) is 0 Å². The van der Waals surface area contributed by atoms with Gasteiger partial charge < -0.3 is 4.90 Å². The fourth-order valence-corrected chi connectivity index (χ4v) is 4.79. The molecule has 0 N–H and O–H groups in total. The second-order valence-corrected chi connectivity index (χ2v) is 7.57. The molecule has 2 aliphatic rings. The smallest absolute Gasteiger partial charge is 0.0625 e. The van der Waals surface area contributed by atoms with Crippen LogP contribution < -0.4 is 15.5 Å². The lowest BCUT2D eigenvalue weighted by molar-refractivity contribution is 0.791. The summed E-state index contributed by atoms with van der Waals surface area (Å²) in [6.45, 7) is 5.43. The van der Waals surface area contributed by atoms with E-state index in [4.69, 9.17) is 0 Å². The molecule has 0 radical (unpaired) electrons. The highest BCUT2D eigenvalue weighted by Crippen LogP contribution is 2.36. The number of aromatic nitrogens is 1. The van der Waals surface area contributed by atoms with E-state index in [9.17, 15) is 0 Å². The molecule has 3 aromatic rings. The van der Waals surface area contributed by atoms with Crippen LogP contribution in [0, 0.1) is 0 Å². The number of fused-ring (bicyclic) bond motifs is 2. The van der Waals surface area contributed by atoms with Crippen molar-refractivity contribution in [3.05, 3.63) is 70.2 Å². The van der Waals surface area contributed by atoms with Gasteiger partial charge in [-0.05, 0) is 48.3 Å². The van der Waals surface area contributed by atoms with Crippen molar-refractivity contribution in [2.45, 2.75) is 18.9 Å². The van der Waals surface area contributed by atoms with Crippen LogP contribution in [0.15, 0.2) is 54.1 Å². The zero-order valence-corrected chi connectivity index (χ0v) is 15.5. The van der Waals surface area contributed by atoms with E-state index in [-0.39, 0.29) is 0 Å². The van der Waals surface area contributed by atoms with Crippen LogP contribution in [-0.4, -0.2) is 16.2 Å². The second-order valence-electron chi connectivity index (χ2n) is 6.86. The van der Waals surface area contributed by atoms with Crippen molar-refractivity contribution in [1.29, 1.82) is 0 Å². The molecule has 3 heteroatoms.